The highest BCUT2D eigenvalue weighted by Crippen LogP contribution is 2.46. The second-order valence-electron chi connectivity index (χ2n) is 5.82. The first-order valence-corrected chi connectivity index (χ1v) is 8.07. The molecule has 0 atom stereocenters. The molecule has 0 heterocycles. The van der Waals surface area contributed by atoms with E-state index in [4.69, 9.17) is 23.2 Å². The van der Waals surface area contributed by atoms with Gasteiger partial charge in [-0.25, -0.2) is 0 Å². The molecule has 1 fully saturated rings. The van der Waals surface area contributed by atoms with Crippen LogP contribution in [0.25, 0.3) is 0 Å². The summed E-state index contributed by atoms with van der Waals surface area (Å²) >= 11 is 12.4. The van der Waals surface area contributed by atoms with Crippen LogP contribution in [0.3, 0.4) is 0 Å². The molecule has 0 saturated heterocycles. The molecule has 110 valence electrons. The minimum absolute atomic E-state index is 0.486. The monoisotopic (exact) mass is 320 g/mol. The fourth-order valence-corrected chi connectivity index (χ4v) is 3.76. The summed E-state index contributed by atoms with van der Waals surface area (Å²) in [5.74, 6) is 0.518. The molecule has 0 bridgehead atoms. The SMILES string of the molecule is OC1(c2cccc(Cl)c2Cl)CCC(c2ccccc2)CC1. The van der Waals surface area contributed by atoms with Gasteiger partial charge in [0.15, 0.2) is 0 Å². The maximum Gasteiger partial charge on any atom is 0.0911 e. The summed E-state index contributed by atoms with van der Waals surface area (Å²) in [6, 6.07) is 16.0. The van der Waals surface area contributed by atoms with Crippen molar-refractivity contribution in [2.45, 2.75) is 37.2 Å². The lowest BCUT2D eigenvalue weighted by Crippen LogP contribution is -2.31. The maximum atomic E-state index is 11.0. The zero-order chi connectivity index (χ0) is 14.9. The topological polar surface area (TPSA) is 20.2 Å². The van der Waals surface area contributed by atoms with Crippen molar-refractivity contribution in [3.05, 3.63) is 69.7 Å². The molecule has 0 aromatic heterocycles. The molecule has 1 saturated carbocycles. The molecule has 3 rings (SSSR count). The average molecular weight is 321 g/mol. The van der Waals surface area contributed by atoms with Gasteiger partial charge in [-0.3, -0.25) is 0 Å². The number of benzene rings is 2. The minimum atomic E-state index is -0.854. The highest BCUT2D eigenvalue weighted by molar-refractivity contribution is 6.42. The summed E-state index contributed by atoms with van der Waals surface area (Å²) in [5.41, 5.74) is 1.27. The quantitative estimate of drug-likeness (QED) is 0.770. The van der Waals surface area contributed by atoms with Crippen LogP contribution in [0.5, 0.6) is 0 Å². The molecule has 0 unspecified atom stereocenters. The lowest BCUT2D eigenvalue weighted by Gasteiger charge is -2.37. The Balaban J connectivity index is 1.79. The van der Waals surface area contributed by atoms with Crippen molar-refractivity contribution in [2.24, 2.45) is 0 Å². The standard InChI is InChI=1S/C18H18Cl2O/c19-16-8-4-7-15(17(16)20)18(21)11-9-14(10-12-18)13-5-2-1-3-6-13/h1-8,14,21H,9-12H2. The van der Waals surface area contributed by atoms with Crippen LogP contribution in [-0.4, -0.2) is 5.11 Å². The smallest absolute Gasteiger partial charge is 0.0911 e. The number of aliphatic hydroxyl groups is 1. The van der Waals surface area contributed by atoms with Crippen molar-refractivity contribution in [3.8, 4) is 0 Å². The molecule has 1 aliphatic rings. The molecule has 21 heavy (non-hydrogen) atoms. The van der Waals surface area contributed by atoms with E-state index < -0.39 is 5.60 Å². The van der Waals surface area contributed by atoms with E-state index in [-0.39, 0.29) is 0 Å². The lowest BCUT2D eigenvalue weighted by atomic mass is 9.73. The van der Waals surface area contributed by atoms with E-state index in [9.17, 15) is 5.11 Å². The average Bonchev–Trinajstić information content (AvgIpc) is 2.51. The van der Waals surface area contributed by atoms with E-state index in [0.29, 0.717) is 28.8 Å². The lowest BCUT2D eigenvalue weighted by molar-refractivity contribution is -0.00555. The van der Waals surface area contributed by atoms with Crippen LogP contribution >= 0.6 is 23.2 Å². The van der Waals surface area contributed by atoms with Crippen molar-refractivity contribution >= 4 is 23.2 Å². The third-order valence-corrected chi connectivity index (χ3v) is 5.36. The van der Waals surface area contributed by atoms with Gasteiger partial charge in [0.1, 0.15) is 0 Å². The third kappa shape index (κ3) is 2.96. The van der Waals surface area contributed by atoms with Gasteiger partial charge >= 0.3 is 0 Å². The van der Waals surface area contributed by atoms with E-state index in [1.807, 2.05) is 18.2 Å². The van der Waals surface area contributed by atoms with Crippen LogP contribution in [0.2, 0.25) is 10.0 Å². The van der Waals surface area contributed by atoms with Gasteiger partial charge in [-0.05, 0) is 43.2 Å². The van der Waals surface area contributed by atoms with E-state index in [2.05, 4.69) is 24.3 Å². The molecular formula is C18H18Cl2O. The van der Waals surface area contributed by atoms with Crippen molar-refractivity contribution < 1.29 is 5.11 Å². The van der Waals surface area contributed by atoms with Crippen molar-refractivity contribution in [1.82, 2.24) is 0 Å². The van der Waals surface area contributed by atoms with E-state index in [0.717, 1.165) is 18.4 Å². The first kappa shape index (κ1) is 14.9. The third-order valence-electron chi connectivity index (χ3n) is 4.54. The Morgan fingerprint density at radius 2 is 1.57 bits per heavy atom. The molecule has 1 N–H and O–H groups in total. The van der Waals surface area contributed by atoms with Gasteiger partial charge in [-0.1, -0.05) is 65.7 Å². The molecular weight excluding hydrogens is 303 g/mol. The maximum absolute atomic E-state index is 11.0. The molecule has 0 spiro atoms. The van der Waals surface area contributed by atoms with E-state index in [1.54, 1.807) is 6.07 Å². The number of hydrogen-bond acceptors (Lipinski definition) is 1. The summed E-state index contributed by atoms with van der Waals surface area (Å²) in [6.07, 6.45) is 3.35. The summed E-state index contributed by atoms with van der Waals surface area (Å²) in [6.45, 7) is 0. The van der Waals surface area contributed by atoms with Crippen LogP contribution in [0.15, 0.2) is 48.5 Å². The highest BCUT2D eigenvalue weighted by Gasteiger charge is 2.36. The van der Waals surface area contributed by atoms with Gasteiger partial charge in [-0.15, -0.1) is 0 Å². The Morgan fingerprint density at radius 1 is 0.905 bits per heavy atom. The zero-order valence-corrected chi connectivity index (χ0v) is 13.2. The highest BCUT2D eigenvalue weighted by atomic mass is 35.5. The minimum Gasteiger partial charge on any atom is -0.385 e. The Hall–Kier alpha value is -1.02. The second-order valence-corrected chi connectivity index (χ2v) is 6.60. The predicted molar refractivity (Wildman–Crippen MR) is 88.0 cm³/mol. The summed E-state index contributed by atoms with van der Waals surface area (Å²) in [7, 11) is 0. The van der Waals surface area contributed by atoms with Gasteiger partial charge in [0.05, 0.1) is 15.6 Å². The van der Waals surface area contributed by atoms with E-state index >= 15 is 0 Å². The van der Waals surface area contributed by atoms with Gasteiger partial charge < -0.3 is 5.11 Å². The predicted octanol–water partition coefficient (Wildman–Crippen LogP) is 5.54. The molecule has 2 aromatic rings. The second kappa shape index (κ2) is 6.00. The molecule has 1 aliphatic carbocycles. The first-order valence-electron chi connectivity index (χ1n) is 7.32. The first-order chi connectivity index (χ1) is 10.1. The van der Waals surface area contributed by atoms with Crippen LogP contribution < -0.4 is 0 Å². The fraction of sp³-hybridized carbons (Fsp3) is 0.333. The number of rotatable bonds is 2. The normalized spacial score (nSPS) is 25.8. The molecule has 0 radical (unpaired) electrons. The van der Waals surface area contributed by atoms with Crippen LogP contribution in [0.1, 0.15) is 42.7 Å². The molecule has 0 aliphatic heterocycles. The van der Waals surface area contributed by atoms with Gasteiger partial charge in [0.25, 0.3) is 0 Å². The van der Waals surface area contributed by atoms with Crippen molar-refractivity contribution in [3.63, 3.8) is 0 Å². The number of hydrogen-bond donors (Lipinski definition) is 1. The van der Waals surface area contributed by atoms with Crippen molar-refractivity contribution in [2.75, 3.05) is 0 Å². The van der Waals surface area contributed by atoms with E-state index in [1.165, 1.54) is 5.56 Å². The van der Waals surface area contributed by atoms with Crippen LogP contribution in [0.4, 0.5) is 0 Å². The van der Waals surface area contributed by atoms with Crippen LogP contribution in [0, 0.1) is 0 Å². The van der Waals surface area contributed by atoms with Gasteiger partial charge in [0.2, 0.25) is 0 Å². The molecule has 3 heteroatoms. The molecule has 1 nitrogen and oxygen atoms in total. The zero-order valence-electron chi connectivity index (χ0n) is 11.7. The molecule has 2 aromatic carbocycles. The largest absolute Gasteiger partial charge is 0.385 e. The Kier molecular flexibility index (Phi) is 4.26. The Bertz CT molecular complexity index is 616. The fourth-order valence-electron chi connectivity index (χ4n) is 3.29. The van der Waals surface area contributed by atoms with Crippen molar-refractivity contribution in [1.29, 1.82) is 0 Å². The number of halogens is 2. The summed E-state index contributed by atoms with van der Waals surface area (Å²) < 4.78 is 0. The van der Waals surface area contributed by atoms with Gasteiger partial charge in [0, 0.05) is 5.56 Å². The Morgan fingerprint density at radius 3 is 2.24 bits per heavy atom. The van der Waals surface area contributed by atoms with Crippen LogP contribution in [-0.2, 0) is 5.60 Å². The summed E-state index contributed by atoms with van der Waals surface area (Å²) in [4.78, 5) is 0. The molecule has 0 amide bonds. The Labute approximate surface area is 135 Å². The van der Waals surface area contributed by atoms with Gasteiger partial charge in [-0.2, -0.15) is 0 Å². The summed E-state index contributed by atoms with van der Waals surface area (Å²) in [5, 5.41) is 12.0.